The van der Waals surface area contributed by atoms with Crippen LogP contribution in [0.1, 0.15) is 44.5 Å². The Hall–Kier alpha value is -11.5. The monoisotopic (exact) mass is 1120 g/mol. The lowest BCUT2D eigenvalue weighted by atomic mass is 9.52. The van der Waals surface area contributed by atoms with E-state index in [-0.39, 0.29) is 0 Å². The summed E-state index contributed by atoms with van der Waals surface area (Å²) in [6.07, 6.45) is 0. The summed E-state index contributed by atoms with van der Waals surface area (Å²) in [5.74, 6) is 1.73. The van der Waals surface area contributed by atoms with Gasteiger partial charge in [-0.05, 0) is 150 Å². The summed E-state index contributed by atoms with van der Waals surface area (Å²) in [5, 5.41) is 4.69. The van der Waals surface area contributed by atoms with Gasteiger partial charge in [-0.15, -0.1) is 0 Å². The van der Waals surface area contributed by atoms with E-state index in [9.17, 15) is 0 Å². The molecule has 4 nitrogen and oxygen atoms in total. The van der Waals surface area contributed by atoms with Crippen LogP contribution in [0.15, 0.2) is 315 Å². The number of hydrogen-bond donors (Lipinski definition) is 0. The van der Waals surface area contributed by atoms with Crippen LogP contribution in [-0.2, 0) is 10.8 Å². The zero-order chi connectivity index (χ0) is 57.7. The second kappa shape index (κ2) is 18.5. The van der Waals surface area contributed by atoms with E-state index in [0.717, 1.165) is 78.5 Å². The molecule has 12 aromatic carbocycles. The van der Waals surface area contributed by atoms with Gasteiger partial charge in [0.05, 0.1) is 44.3 Å². The van der Waals surface area contributed by atoms with E-state index >= 15 is 0 Å². The molecule has 0 saturated heterocycles. The Morgan fingerprint density at radius 2 is 0.500 bits per heavy atom. The van der Waals surface area contributed by atoms with E-state index < -0.39 is 10.8 Å². The largest absolute Gasteiger partial charge is 0.294 e. The van der Waals surface area contributed by atoms with Gasteiger partial charge in [0.25, 0.3) is 0 Å². The number of rotatable bonds is 6. The highest BCUT2D eigenvalue weighted by Gasteiger charge is 2.59. The van der Waals surface area contributed by atoms with Gasteiger partial charge in [-0.1, -0.05) is 255 Å². The van der Waals surface area contributed by atoms with Crippen LogP contribution in [0.5, 0.6) is 0 Å². The third-order valence-electron chi connectivity index (χ3n) is 19.6. The van der Waals surface area contributed by atoms with E-state index in [1.54, 1.807) is 0 Å². The quantitative estimate of drug-likeness (QED) is 0.166. The van der Waals surface area contributed by atoms with Gasteiger partial charge in [-0.2, -0.15) is 0 Å². The van der Waals surface area contributed by atoms with Crippen molar-refractivity contribution in [2.24, 2.45) is 0 Å². The number of aromatic nitrogens is 4. The molecule has 4 heteroatoms. The Balaban J connectivity index is 1.00. The molecule has 0 saturated carbocycles. The summed E-state index contributed by atoms with van der Waals surface area (Å²) in [6, 6.07) is 117. The minimum Gasteiger partial charge on any atom is -0.294 e. The van der Waals surface area contributed by atoms with Gasteiger partial charge in [0.15, 0.2) is 0 Å². The molecule has 16 aromatic rings. The topological polar surface area (TPSA) is 35.6 Å². The highest BCUT2D eigenvalue weighted by Crippen LogP contribution is 2.68. The average Bonchev–Trinajstić information content (AvgIpc) is 1.39. The molecule has 3 aliphatic rings. The van der Waals surface area contributed by atoms with Crippen molar-refractivity contribution >= 4 is 43.6 Å². The fourth-order valence-corrected chi connectivity index (χ4v) is 16.1. The Morgan fingerprint density at radius 3 is 0.864 bits per heavy atom. The molecule has 0 bridgehead atoms. The third kappa shape index (κ3) is 6.63. The van der Waals surface area contributed by atoms with E-state index in [4.69, 9.17) is 9.97 Å². The highest BCUT2D eigenvalue weighted by atomic mass is 15.1. The van der Waals surface area contributed by atoms with Gasteiger partial charge in [0.2, 0.25) is 0 Å². The third-order valence-corrected chi connectivity index (χ3v) is 19.6. The zero-order valence-corrected chi connectivity index (χ0v) is 47.8. The highest BCUT2D eigenvalue weighted by molar-refractivity contribution is 6.13. The summed E-state index contributed by atoms with van der Waals surface area (Å²) in [5.41, 5.74) is 26.5. The molecule has 0 fully saturated rings. The van der Waals surface area contributed by atoms with Crippen LogP contribution in [0.25, 0.3) is 122 Å². The van der Waals surface area contributed by atoms with Crippen LogP contribution in [0, 0.1) is 0 Å². The number of nitrogens with zero attached hydrogens (tertiary/aromatic N) is 4. The molecule has 408 valence electrons. The van der Waals surface area contributed by atoms with Crippen LogP contribution < -0.4 is 0 Å². The summed E-state index contributed by atoms with van der Waals surface area (Å²) in [7, 11) is 0. The number of benzene rings is 12. The maximum absolute atomic E-state index is 5.70. The summed E-state index contributed by atoms with van der Waals surface area (Å²) < 4.78 is 4.92. The first-order chi connectivity index (χ1) is 43.6. The van der Waals surface area contributed by atoms with Crippen molar-refractivity contribution < 1.29 is 0 Å². The number of fused-ring (bicyclic) bond motifs is 22. The molecule has 0 aliphatic heterocycles. The van der Waals surface area contributed by atoms with Crippen molar-refractivity contribution in [3.05, 3.63) is 360 Å². The van der Waals surface area contributed by atoms with Crippen LogP contribution in [0.2, 0.25) is 0 Å². The van der Waals surface area contributed by atoms with E-state index in [1.165, 1.54) is 88.3 Å². The van der Waals surface area contributed by atoms with Gasteiger partial charge >= 0.3 is 0 Å². The Bertz CT molecular complexity index is 5010. The van der Waals surface area contributed by atoms with Crippen molar-refractivity contribution in [3.8, 4) is 78.7 Å². The molecule has 4 aromatic heterocycles. The SMILES string of the molecule is c1ccc(-c2cc(-c3ccccc3)nc(-n3c4ccccc4c4cc5c(cc43)C3(c4ccccc4-c4ccccc43)c3cc4c6ccccc6n(-c6cc(-c7ccccc7)cc(-c7ccccc7)n6)c4cc3C53c4ccccc4-c4ccccc43)c2)cc1. The molecule has 0 amide bonds. The minimum atomic E-state index is -0.803. The summed E-state index contributed by atoms with van der Waals surface area (Å²) in [6.45, 7) is 0. The first-order valence-corrected chi connectivity index (χ1v) is 30.5. The Kier molecular flexibility index (Phi) is 10.3. The van der Waals surface area contributed by atoms with Crippen LogP contribution in [0.4, 0.5) is 0 Å². The maximum Gasteiger partial charge on any atom is 0.138 e. The molecule has 0 radical (unpaired) electrons. The van der Waals surface area contributed by atoms with Gasteiger partial charge < -0.3 is 0 Å². The van der Waals surface area contributed by atoms with Crippen molar-refractivity contribution in [2.45, 2.75) is 10.8 Å². The lowest BCUT2D eigenvalue weighted by Crippen LogP contribution is -2.44. The molecule has 0 atom stereocenters. The second-order valence-electron chi connectivity index (χ2n) is 23.9. The predicted molar refractivity (Wildman–Crippen MR) is 361 cm³/mol. The molecule has 3 aliphatic carbocycles. The maximum atomic E-state index is 5.70. The van der Waals surface area contributed by atoms with Crippen LogP contribution >= 0.6 is 0 Å². The average molecular weight is 1120 g/mol. The van der Waals surface area contributed by atoms with Crippen LogP contribution in [0.3, 0.4) is 0 Å². The van der Waals surface area contributed by atoms with Crippen molar-refractivity contribution in [1.82, 2.24) is 19.1 Å². The lowest BCUT2D eigenvalue weighted by Gasteiger charge is -2.49. The van der Waals surface area contributed by atoms with Gasteiger partial charge in [0.1, 0.15) is 11.6 Å². The van der Waals surface area contributed by atoms with Crippen LogP contribution in [-0.4, -0.2) is 19.1 Å². The smallest absolute Gasteiger partial charge is 0.138 e. The second-order valence-corrected chi connectivity index (χ2v) is 23.9. The predicted octanol–water partition coefficient (Wildman–Crippen LogP) is 20.4. The number of pyridine rings is 2. The fraction of sp³-hybridized carbons (Fsp3) is 0.0238. The first-order valence-electron chi connectivity index (χ1n) is 30.5. The first kappa shape index (κ1) is 48.9. The molecule has 88 heavy (non-hydrogen) atoms. The molecule has 2 spiro atoms. The standard InChI is InChI=1S/C84H52N4/c1-5-25-53(26-6-1)57-45-75(55-29-9-3-10-30-55)85-81(47-57)87-77-43-23-17-37-63(77)65-49-71-73(51-79(65)87)83(67-39-19-13-33-59(67)60-34-14-20-40-68(60)83)72-50-66-64-38-18-24-44-78(64)88(82-48-58(54-27-7-2-8-28-54)46-76(86-82)56-31-11-4-12-32-56)80(66)52-74(72)84(71)69-41-21-15-35-61(69)62-36-16-22-42-70(62)84/h1-52H. The summed E-state index contributed by atoms with van der Waals surface area (Å²) >= 11 is 0. The van der Waals surface area contributed by atoms with E-state index in [1.807, 2.05) is 0 Å². The van der Waals surface area contributed by atoms with Gasteiger partial charge in [-0.25, -0.2) is 9.97 Å². The lowest BCUT2D eigenvalue weighted by molar-refractivity contribution is 0.635. The minimum absolute atomic E-state index is 0.803. The normalized spacial score (nSPS) is 13.6. The van der Waals surface area contributed by atoms with Gasteiger partial charge in [0, 0.05) is 32.7 Å². The molecule has 4 heterocycles. The van der Waals surface area contributed by atoms with Crippen molar-refractivity contribution in [2.75, 3.05) is 0 Å². The van der Waals surface area contributed by atoms with E-state index in [2.05, 4.69) is 325 Å². The van der Waals surface area contributed by atoms with Gasteiger partial charge in [-0.3, -0.25) is 9.13 Å². The Labute approximate surface area is 509 Å². The number of para-hydroxylation sites is 2. The Morgan fingerprint density at radius 1 is 0.205 bits per heavy atom. The molecule has 0 unspecified atom stereocenters. The number of hydrogen-bond acceptors (Lipinski definition) is 2. The molecule has 0 N–H and O–H groups in total. The van der Waals surface area contributed by atoms with E-state index in [0.29, 0.717) is 0 Å². The molecular formula is C84H52N4. The molecular weight excluding hydrogens is 1060 g/mol. The fourth-order valence-electron chi connectivity index (χ4n) is 16.1. The molecule has 19 rings (SSSR count). The van der Waals surface area contributed by atoms with Crippen molar-refractivity contribution in [1.29, 1.82) is 0 Å². The zero-order valence-electron chi connectivity index (χ0n) is 47.8. The van der Waals surface area contributed by atoms with Crippen molar-refractivity contribution in [3.63, 3.8) is 0 Å². The summed E-state index contributed by atoms with van der Waals surface area (Å²) in [4.78, 5) is 11.4.